The number of hydrogen-bond donors (Lipinski definition) is 2. The number of carboxylic acids is 1. The number of carbonyl (C=O) groups is 3. The summed E-state index contributed by atoms with van der Waals surface area (Å²) >= 11 is 0. The van der Waals surface area contributed by atoms with Crippen LogP contribution in [0.25, 0.3) is 17.0 Å². The number of amides is 1. The predicted molar refractivity (Wildman–Crippen MR) is 148 cm³/mol. The van der Waals surface area contributed by atoms with Crippen molar-refractivity contribution in [1.29, 1.82) is 0 Å². The molecule has 1 amide bonds. The lowest BCUT2D eigenvalue weighted by Gasteiger charge is -2.25. The molecule has 0 aliphatic heterocycles. The minimum absolute atomic E-state index is 0.0347. The van der Waals surface area contributed by atoms with Crippen LogP contribution in [0.2, 0.25) is 0 Å². The van der Waals surface area contributed by atoms with Crippen molar-refractivity contribution in [1.82, 2.24) is 9.88 Å². The quantitative estimate of drug-likeness (QED) is 0.286. The highest BCUT2D eigenvalue weighted by atomic mass is 16.4. The molecule has 2 N–H and O–H groups in total. The number of para-hydroxylation sites is 1. The lowest BCUT2D eigenvalue weighted by atomic mass is 9.97. The van der Waals surface area contributed by atoms with Gasteiger partial charge in [-0.05, 0) is 49.6 Å². The SMILES string of the molecule is Cc1ccc(C(=O)c2cc3ccccc3n2C/C=C/c2cccc(C(=O)NC3(C(=O)O)CCCC3)c2)cc1. The van der Waals surface area contributed by atoms with Crippen LogP contribution in [-0.2, 0) is 11.3 Å². The molecule has 0 saturated heterocycles. The maximum atomic E-state index is 13.4. The number of benzene rings is 3. The summed E-state index contributed by atoms with van der Waals surface area (Å²) in [5.41, 5.74) is 3.38. The fourth-order valence-electron chi connectivity index (χ4n) is 5.19. The van der Waals surface area contributed by atoms with E-state index in [1.807, 2.05) is 84.3 Å². The number of hydrogen-bond acceptors (Lipinski definition) is 3. The number of carboxylic acid groups (broad SMARTS) is 1. The Kier molecular flexibility index (Phi) is 6.97. The van der Waals surface area contributed by atoms with Crippen LogP contribution in [0.5, 0.6) is 0 Å². The first-order valence-electron chi connectivity index (χ1n) is 12.9. The zero-order chi connectivity index (χ0) is 26.7. The van der Waals surface area contributed by atoms with Gasteiger partial charge in [0.2, 0.25) is 5.78 Å². The van der Waals surface area contributed by atoms with E-state index in [4.69, 9.17) is 0 Å². The van der Waals surface area contributed by atoms with Crippen LogP contribution < -0.4 is 5.32 Å². The van der Waals surface area contributed by atoms with Gasteiger partial charge in [-0.25, -0.2) is 4.79 Å². The minimum atomic E-state index is -1.18. The van der Waals surface area contributed by atoms with Crippen molar-refractivity contribution in [2.75, 3.05) is 0 Å². The van der Waals surface area contributed by atoms with Crippen molar-refractivity contribution in [2.45, 2.75) is 44.7 Å². The maximum Gasteiger partial charge on any atom is 0.329 e. The number of carbonyl (C=O) groups excluding carboxylic acids is 2. The summed E-state index contributed by atoms with van der Waals surface area (Å²) in [5, 5.41) is 13.5. The third-order valence-electron chi connectivity index (χ3n) is 7.32. The summed E-state index contributed by atoms with van der Waals surface area (Å²) in [5.74, 6) is -1.39. The van der Waals surface area contributed by atoms with Crippen LogP contribution in [0, 0.1) is 6.92 Å². The smallest absolute Gasteiger partial charge is 0.329 e. The molecule has 0 spiro atoms. The van der Waals surface area contributed by atoms with Gasteiger partial charge < -0.3 is 15.0 Å². The van der Waals surface area contributed by atoms with Gasteiger partial charge in [0.1, 0.15) is 5.54 Å². The van der Waals surface area contributed by atoms with Gasteiger partial charge in [0, 0.05) is 28.6 Å². The van der Waals surface area contributed by atoms with Crippen molar-refractivity contribution in [3.63, 3.8) is 0 Å². The van der Waals surface area contributed by atoms with Gasteiger partial charge in [0.05, 0.1) is 5.69 Å². The fraction of sp³-hybridized carbons (Fsp3) is 0.219. The summed E-state index contributed by atoms with van der Waals surface area (Å²) in [7, 11) is 0. The van der Waals surface area contributed by atoms with Gasteiger partial charge in [0.15, 0.2) is 0 Å². The molecule has 1 aliphatic carbocycles. The molecule has 0 radical (unpaired) electrons. The molecule has 0 atom stereocenters. The largest absolute Gasteiger partial charge is 0.480 e. The first kappa shape index (κ1) is 25.2. The molecular weight excluding hydrogens is 476 g/mol. The molecule has 6 heteroatoms. The molecular formula is C32H30N2O4. The predicted octanol–water partition coefficient (Wildman–Crippen LogP) is 6.02. The number of fused-ring (bicyclic) bond motifs is 1. The molecule has 1 aromatic heterocycles. The Hall–Kier alpha value is -4.45. The van der Waals surface area contributed by atoms with E-state index in [1.165, 1.54) is 0 Å². The van der Waals surface area contributed by atoms with E-state index in [2.05, 4.69) is 5.32 Å². The Bertz CT molecular complexity index is 1540. The summed E-state index contributed by atoms with van der Waals surface area (Å²) in [4.78, 5) is 38.1. The summed E-state index contributed by atoms with van der Waals surface area (Å²) in [6.07, 6.45) is 6.35. The van der Waals surface area contributed by atoms with Gasteiger partial charge in [-0.3, -0.25) is 9.59 Å². The number of aliphatic carboxylic acids is 1. The van der Waals surface area contributed by atoms with Crippen molar-refractivity contribution in [3.05, 3.63) is 113 Å². The normalized spacial score (nSPS) is 14.7. The molecule has 4 aromatic rings. The Balaban J connectivity index is 1.37. The lowest BCUT2D eigenvalue weighted by Crippen LogP contribution is -2.52. The van der Waals surface area contributed by atoms with Crippen molar-refractivity contribution in [3.8, 4) is 0 Å². The number of allylic oxidation sites excluding steroid dienone is 1. The molecule has 1 heterocycles. The third-order valence-corrected chi connectivity index (χ3v) is 7.32. The Morgan fingerprint density at radius 3 is 2.39 bits per heavy atom. The molecule has 0 unspecified atom stereocenters. The Labute approximate surface area is 221 Å². The van der Waals surface area contributed by atoms with E-state index in [0.717, 1.165) is 34.9 Å². The maximum absolute atomic E-state index is 13.4. The summed E-state index contributed by atoms with van der Waals surface area (Å²) in [6, 6.07) is 24.5. The van der Waals surface area contributed by atoms with Crippen LogP contribution in [0.1, 0.15) is 63.2 Å². The molecule has 192 valence electrons. The molecule has 0 bridgehead atoms. The van der Waals surface area contributed by atoms with Gasteiger partial charge in [0.25, 0.3) is 5.91 Å². The minimum Gasteiger partial charge on any atom is -0.480 e. The number of rotatable bonds is 8. The van der Waals surface area contributed by atoms with Crippen molar-refractivity contribution in [2.24, 2.45) is 0 Å². The van der Waals surface area contributed by atoms with Gasteiger partial charge >= 0.3 is 5.97 Å². The first-order valence-corrected chi connectivity index (χ1v) is 12.9. The van der Waals surface area contributed by atoms with E-state index in [1.54, 1.807) is 18.2 Å². The Morgan fingerprint density at radius 2 is 1.66 bits per heavy atom. The second-order valence-electron chi connectivity index (χ2n) is 9.97. The van der Waals surface area contributed by atoms with E-state index < -0.39 is 11.5 Å². The number of aryl methyl sites for hydroxylation is 1. The van der Waals surface area contributed by atoms with Crippen molar-refractivity contribution >= 4 is 34.6 Å². The summed E-state index contributed by atoms with van der Waals surface area (Å²) in [6.45, 7) is 2.46. The summed E-state index contributed by atoms with van der Waals surface area (Å²) < 4.78 is 2.00. The van der Waals surface area contributed by atoms with Crippen LogP contribution in [0.3, 0.4) is 0 Å². The first-order chi connectivity index (χ1) is 18.4. The number of nitrogens with one attached hydrogen (secondary N) is 1. The average Bonchev–Trinajstić information content (AvgIpc) is 3.55. The molecule has 3 aromatic carbocycles. The topological polar surface area (TPSA) is 88.4 Å². The monoisotopic (exact) mass is 506 g/mol. The molecule has 5 rings (SSSR count). The van der Waals surface area contributed by atoms with E-state index in [-0.39, 0.29) is 11.7 Å². The van der Waals surface area contributed by atoms with Crippen LogP contribution >= 0.6 is 0 Å². The van der Waals surface area contributed by atoms with Gasteiger partial charge in [-0.1, -0.05) is 85.2 Å². The number of nitrogens with zero attached hydrogens (tertiary/aromatic N) is 1. The molecule has 6 nitrogen and oxygen atoms in total. The lowest BCUT2D eigenvalue weighted by molar-refractivity contribution is -0.144. The number of aromatic nitrogens is 1. The van der Waals surface area contributed by atoms with Gasteiger partial charge in [-0.2, -0.15) is 0 Å². The highest BCUT2D eigenvalue weighted by Crippen LogP contribution is 2.30. The standard InChI is InChI=1S/C32H30N2O4/c1-22-13-15-24(16-14-22)29(35)28-21-25-10-2-3-12-27(25)34(28)19-7-9-23-8-6-11-26(20-23)30(36)33-32(31(37)38)17-4-5-18-32/h2-3,6-16,20-21H,4-5,17-19H2,1H3,(H,33,36)(H,37,38)/b9-7+. The zero-order valence-corrected chi connectivity index (χ0v) is 21.3. The Morgan fingerprint density at radius 1 is 0.921 bits per heavy atom. The van der Waals surface area contributed by atoms with E-state index in [0.29, 0.717) is 36.2 Å². The second kappa shape index (κ2) is 10.5. The van der Waals surface area contributed by atoms with Crippen LogP contribution in [0.4, 0.5) is 0 Å². The highest BCUT2D eigenvalue weighted by molar-refractivity contribution is 6.10. The van der Waals surface area contributed by atoms with E-state index in [9.17, 15) is 19.5 Å². The zero-order valence-electron chi connectivity index (χ0n) is 21.3. The molecule has 1 aliphatic rings. The molecule has 1 saturated carbocycles. The number of ketones is 1. The van der Waals surface area contributed by atoms with Crippen LogP contribution in [-0.4, -0.2) is 32.9 Å². The van der Waals surface area contributed by atoms with Crippen molar-refractivity contribution < 1.29 is 19.5 Å². The average molecular weight is 507 g/mol. The van der Waals surface area contributed by atoms with Gasteiger partial charge in [-0.15, -0.1) is 0 Å². The fourth-order valence-corrected chi connectivity index (χ4v) is 5.19. The van der Waals surface area contributed by atoms with E-state index >= 15 is 0 Å². The highest BCUT2D eigenvalue weighted by Gasteiger charge is 2.42. The molecule has 1 fully saturated rings. The van der Waals surface area contributed by atoms with Crippen LogP contribution in [0.15, 0.2) is 84.9 Å². The second-order valence-corrected chi connectivity index (χ2v) is 9.97. The molecule has 38 heavy (non-hydrogen) atoms. The third kappa shape index (κ3) is 5.02.